The molecule has 1 aliphatic rings. The first-order valence-corrected chi connectivity index (χ1v) is 7.99. The fourth-order valence-corrected chi connectivity index (χ4v) is 3.32. The first-order chi connectivity index (χ1) is 10.7. The lowest BCUT2D eigenvalue weighted by Crippen LogP contribution is -2.14. The molecule has 22 heavy (non-hydrogen) atoms. The summed E-state index contributed by atoms with van der Waals surface area (Å²) in [4.78, 5) is 17.2. The number of halogens is 1. The Morgan fingerprint density at radius 3 is 2.68 bits per heavy atom. The van der Waals surface area contributed by atoms with Gasteiger partial charge in [0.05, 0.1) is 16.6 Å². The topological polar surface area (TPSA) is 50.7 Å². The van der Waals surface area contributed by atoms with E-state index in [0.717, 1.165) is 36.2 Å². The third-order valence-corrected chi connectivity index (χ3v) is 4.60. The monoisotopic (exact) mass is 313 g/mol. The van der Waals surface area contributed by atoms with Gasteiger partial charge in [-0.05, 0) is 55.5 Å². The number of nitrogens with one attached hydrogen (secondary N) is 1. The van der Waals surface area contributed by atoms with Crippen molar-refractivity contribution in [2.75, 3.05) is 0 Å². The Hall–Kier alpha value is -2.07. The van der Waals surface area contributed by atoms with E-state index in [0.29, 0.717) is 10.4 Å². The number of rotatable bonds is 1. The van der Waals surface area contributed by atoms with Crippen LogP contribution in [-0.4, -0.2) is 14.8 Å². The number of aromatic amines is 1. The third-order valence-electron chi connectivity index (χ3n) is 4.35. The quantitative estimate of drug-likeness (QED) is 0.697. The van der Waals surface area contributed by atoms with E-state index in [-0.39, 0.29) is 5.56 Å². The molecule has 0 bridgehead atoms. The van der Waals surface area contributed by atoms with Crippen LogP contribution in [0, 0.1) is 0 Å². The van der Waals surface area contributed by atoms with Gasteiger partial charge < -0.3 is 0 Å². The Morgan fingerprint density at radius 1 is 1.09 bits per heavy atom. The number of hydrogen-bond acceptors (Lipinski definition) is 2. The number of H-pyrrole nitrogens is 1. The minimum atomic E-state index is -0.0585. The zero-order chi connectivity index (χ0) is 15.1. The maximum Gasteiger partial charge on any atom is 0.280 e. The van der Waals surface area contributed by atoms with Crippen molar-refractivity contribution in [3.63, 3.8) is 0 Å². The molecule has 0 radical (unpaired) electrons. The molecule has 4 rings (SSSR count). The Balaban J connectivity index is 1.95. The van der Waals surface area contributed by atoms with Crippen molar-refractivity contribution in [1.29, 1.82) is 0 Å². The molecule has 1 N–H and O–H groups in total. The average molecular weight is 314 g/mol. The summed E-state index contributed by atoms with van der Waals surface area (Å²) >= 11 is 5.92. The molecule has 0 saturated heterocycles. The fourth-order valence-electron chi connectivity index (χ4n) is 3.19. The summed E-state index contributed by atoms with van der Waals surface area (Å²) in [5.74, 6) is 0. The SMILES string of the molecule is O=c1c2cnc3c(c2[nH]n1-c1ccc(Cl)cc1)CCCCC3. The second-order valence-electron chi connectivity index (χ2n) is 5.76. The molecule has 0 fully saturated rings. The molecule has 0 amide bonds. The van der Waals surface area contributed by atoms with Gasteiger partial charge in [0.1, 0.15) is 0 Å². The molecule has 4 nitrogen and oxygen atoms in total. The summed E-state index contributed by atoms with van der Waals surface area (Å²) in [7, 11) is 0. The van der Waals surface area contributed by atoms with Crippen molar-refractivity contribution >= 4 is 22.5 Å². The van der Waals surface area contributed by atoms with Crippen LogP contribution in [-0.2, 0) is 12.8 Å². The van der Waals surface area contributed by atoms with Gasteiger partial charge in [0, 0.05) is 16.9 Å². The van der Waals surface area contributed by atoms with Crippen molar-refractivity contribution in [3.8, 4) is 5.69 Å². The Kier molecular flexibility index (Phi) is 3.26. The predicted molar refractivity (Wildman–Crippen MR) is 88.0 cm³/mol. The minimum absolute atomic E-state index is 0.0585. The molecule has 0 spiro atoms. The van der Waals surface area contributed by atoms with Crippen LogP contribution in [0.25, 0.3) is 16.6 Å². The summed E-state index contributed by atoms with van der Waals surface area (Å²) < 4.78 is 1.58. The van der Waals surface area contributed by atoms with Crippen molar-refractivity contribution < 1.29 is 0 Å². The van der Waals surface area contributed by atoms with Gasteiger partial charge in [-0.1, -0.05) is 18.0 Å². The highest BCUT2D eigenvalue weighted by molar-refractivity contribution is 6.30. The maximum absolute atomic E-state index is 12.6. The van der Waals surface area contributed by atoms with Crippen LogP contribution >= 0.6 is 11.6 Å². The second kappa shape index (κ2) is 5.29. The Morgan fingerprint density at radius 2 is 1.86 bits per heavy atom. The lowest BCUT2D eigenvalue weighted by Gasteiger charge is -2.05. The third kappa shape index (κ3) is 2.15. The molecule has 112 valence electrons. The van der Waals surface area contributed by atoms with Crippen molar-refractivity contribution in [3.05, 3.63) is 57.1 Å². The zero-order valence-electron chi connectivity index (χ0n) is 12.1. The molecule has 2 heterocycles. The van der Waals surface area contributed by atoms with Crippen LogP contribution < -0.4 is 5.56 Å². The number of hydrogen-bond donors (Lipinski definition) is 1. The zero-order valence-corrected chi connectivity index (χ0v) is 12.9. The summed E-state index contributed by atoms with van der Waals surface area (Å²) in [6, 6.07) is 7.25. The van der Waals surface area contributed by atoms with E-state index in [2.05, 4.69) is 10.1 Å². The molecular formula is C17H16ClN3O. The molecule has 0 aliphatic heterocycles. The standard InChI is InChI=1S/C17H16ClN3O/c18-11-6-8-12(9-7-11)21-17(22)14-10-19-15-5-3-1-2-4-13(15)16(14)20-21/h6-10,20H,1-5H2. The fraction of sp³-hybridized carbons (Fsp3) is 0.294. The first kappa shape index (κ1) is 13.6. The molecule has 1 aromatic carbocycles. The maximum atomic E-state index is 12.6. The lowest BCUT2D eigenvalue weighted by molar-refractivity contribution is 0.708. The summed E-state index contributed by atoms with van der Waals surface area (Å²) in [6.45, 7) is 0. The van der Waals surface area contributed by atoms with Crippen LogP contribution in [0.2, 0.25) is 5.02 Å². The molecular weight excluding hydrogens is 298 g/mol. The van der Waals surface area contributed by atoms with Gasteiger partial charge in [-0.3, -0.25) is 14.9 Å². The number of aryl methyl sites for hydroxylation is 2. The van der Waals surface area contributed by atoms with Gasteiger partial charge in [0.15, 0.2) is 0 Å². The van der Waals surface area contributed by atoms with E-state index in [1.807, 2.05) is 12.1 Å². The van der Waals surface area contributed by atoms with Crippen LogP contribution in [0.5, 0.6) is 0 Å². The molecule has 1 aliphatic carbocycles. The summed E-state index contributed by atoms with van der Waals surface area (Å²) in [5, 5.41) is 4.60. The van der Waals surface area contributed by atoms with Crippen LogP contribution in [0.1, 0.15) is 30.5 Å². The summed E-state index contributed by atoms with van der Waals surface area (Å²) in [6.07, 6.45) is 7.25. The highest BCUT2D eigenvalue weighted by Crippen LogP contribution is 2.25. The van der Waals surface area contributed by atoms with Gasteiger partial charge in [0.2, 0.25) is 0 Å². The molecule has 5 heteroatoms. The van der Waals surface area contributed by atoms with Crippen LogP contribution in [0.3, 0.4) is 0 Å². The van der Waals surface area contributed by atoms with Gasteiger partial charge >= 0.3 is 0 Å². The largest absolute Gasteiger partial charge is 0.290 e. The van der Waals surface area contributed by atoms with Crippen molar-refractivity contribution in [1.82, 2.24) is 14.8 Å². The van der Waals surface area contributed by atoms with Crippen LogP contribution in [0.4, 0.5) is 0 Å². The first-order valence-electron chi connectivity index (χ1n) is 7.61. The van der Waals surface area contributed by atoms with Gasteiger partial charge in [-0.25, -0.2) is 4.68 Å². The number of aromatic nitrogens is 3. The second-order valence-corrected chi connectivity index (χ2v) is 6.20. The Labute approximate surface area is 132 Å². The molecule has 2 aromatic heterocycles. The van der Waals surface area contributed by atoms with Gasteiger partial charge in [0.25, 0.3) is 5.56 Å². The lowest BCUT2D eigenvalue weighted by atomic mass is 10.1. The highest BCUT2D eigenvalue weighted by Gasteiger charge is 2.17. The minimum Gasteiger partial charge on any atom is -0.290 e. The highest BCUT2D eigenvalue weighted by atomic mass is 35.5. The number of pyridine rings is 1. The van der Waals surface area contributed by atoms with Gasteiger partial charge in [-0.2, -0.15) is 0 Å². The molecule has 0 unspecified atom stereocenters. The normalized spacial score (nSPS) is 14.8. The molecule has 3 aromatic rings. The smallest absolute Gasteiger partial charge is 0.280 e. The average Bonchev–Trinajstić information content (AvgIpc) is 2.73. The van der Waals surface area contributed by atoms with E-state index in [9.17, 15) is 4.79 Å². The summed E-state index contributed by atoms with van der Waals surface area (Å²) in [5.41, 5.74) is 4.01. The van der Waals surface area contributed by atoms with Crippen molar-refractivity contribution in [2.24, 2.45) is 0 Å². The van der Waals surface area contributed by atoms with E-state index in [1.54, 1.807) is 23.0 Å². The van der Waals surface area contributed by atoms with E-state index in [4.69, 9.17) is 11.6 Å². The van der Waals surface area contributed by atoms with Gasteiger partial charge in [-0.15, -0.1) is 0 Å². The number of nitrogens with zero attached hydrogens (tertiary/aromatic N) is 2. The van der Waals surface area contributed by atoms with E-state index in [1.165, 1.54) is 18.4 Å². The molecule has 0 atom stereocenters. The molecule has 0 saturated carbocycles. The Bertz CT molecular complexity index is 893. The van der Waals surface area contributed by atoms with Crippen LogP contribution in [0.15, 0.2) is 35.3 Å². The van der Waals surface area contributed by atoms with Crippen molar-refractivity contribution in [2.45, 2.75) is 32.1 Å². The van der Waals surface area contributed by atoms with E-state index < -0.39 is 0 Å². The number of fused-ring (bicyclic) bond motifs is 3. The predicted octanol–water partition coefficient (Wildman–Crippen LogP) is 3.64. The number of benzene rings is 1. The van der Waals surface area contributed by atoms with E-state index >= 15 is 0 Å².